The first-order valence-electron chi connectivity index (χ1n) is 5.89. The van der Waals surface area contributed by atoms with Crippen molar-refractivity contribution in [1.82, 2.24) is 10.3 Å². The Bertz CT molecular complexity index is 690. The van der Waals surface area contributed by atoms with Gasteiger partial charge in [0.25, 0.3) is 5.91 Å². The third-order valence-electron chi connectivity index (χ3n) is 2.59. The van der Waals surface area contributed by atoms with Crippen LogP contribution in [0.25, 0.3) is 0 Å². The molecule has 0 aliphatic carbocycles. The van der Waals surface area contributed by atoms with Crippen LogP contribution in [0.3, 0.4) is 0 Å². The minimum Gasteiger partial charge on any atom is -0.476 e. The largest absolute Gasteiger partial charge is 0.476 e. The highest BCUT2D eigenvalue weighted by molar-refractivity contribution is 7.09. The van der Waals surface area contributed by atoms with Crippen molar-refractivity contribution < 1.29 is 19.1 Å². The number of nitrogens with one attached hydrogen (secondary N) is 1. The number of nitrogens with zero attached hydrogens (tertiary/aromatic N) is 1. The Morgan fingerprint density at radius 2 is 2.19 bits per heavy atom. The first-order chi connectivity index (χ1) is 9.99. The van der Waals surface area contributed by atoms with Gasteiger partial charge in [-0.25, -0.2) is 14.2 Å². The van der Waals surface area contributed by atoms with E-state index < -0.39 is 17.7 Å². The number of aromatic carboxylic acids is 1. The zero-order valence-corrected chi connectivity index (χ0v) is 12.2. The van der Waals surface area contributed by atoms with Crippen LogP contribution in [0.2, 0.25) is 5.02 Å². The van der Waals surface area contributed by atoms with E-state index in [1.165, 1.54) is 34.9 Å². The van der Waals surface area contributed by atoms with E-state index in [9.17, 15) is 14.0 Å². The summed E-state index contributed by atoms with van der Waals surface area (Å²) in [6.07, 6.45) is 0.386. The second-order valence-corrected chi connectivity index (χ2v) is 5.36. The van der Waals surface area contributed by atoms with Gasteiger partial charge in [0.05, 0.1) is 15.6 Å². The van der Waals surface area contributed by atoms with E-state index in [4.69, 9.17) is 16.7 Å². The first kappa shape index (κ1) is 15.4. The number of hydrogen-bond acceptors (Lipinski definition) is 4. The minimum atomic E-state index is -1.09. The number of hydrogen-bond donors (Lipinski definition) is 2. The zero-order valence-electron chi connectivity index (χ0n) is 10.6. The van der Waals surface area contributed by atoms with Gasteiger partial charge < -0.3 is 10.4 Å². The van der Waals surface area contributed by atoms with Crippen LogP contribution >= 0.6 is 22.9 Å². The third kappa shape index (κ3) is 3.77. The van der Waals surface area contributed by atoms with Crippen molar-refractivity contribution in [1.29, 1.82) is 0 Å². The molecular formula is C13H10ClFN2O3S. The maximum atomic E-state index is 13.2. The molecule has 8 heteroatoms. The fourth-order valence-electron chi connectivity index (χ4n) is 1.58. The number of rotatable bonds is 5. The second-order valence-electron chi connectivity index (χ2n) is 4.04. The van der Waals surface area contributed by atoms with Crippen LogP contribution in [0.15, 0.2) is 23.6 Å². The molecule has 5 nitrogen and oxygen atoms in total. The zero-order chi connectivity index (χ0) is 15.4. The lowest BCUT2D eigenvalue weighted by molar-refractivity contribution is 0.0690. The fraction of sp³-hybridized carbons (Fsp3) is 0.154. The topological polar surface area (TPSA) is 79.3 Å². The van der Waals surface area contributed by atoms with E-state index in [2.05, 4.69) is 10.3 Å². The summed E-state index contributed by atoms with van der Waals surface area (Å²) >= 11 is 6.91. The predicted octanol–water partition coefficient (Wildman–Crippen LogP) is 2.61. The molecule has 1 aromatic heterocycles. The highest BCUT2D eigenvalue weighted by Crippen LogP contribution is 2.19. The van der Waals surface area contributed by atoms with Crippen LogP contribution in [0.4, 0.5) is 4.39 Å². The molecule has 2 aromatic rings. The summed E-state index contributed by atoms with van der Waals surface area (Å²) in [6, 6.07) is 3.99. The van der Waals surface area contributed by atoms with Crippen LogP contribution < -0.4 is 5.32 Å². The molecule has 2 rings (SSSR count). The molecule has 110 valence electrons. The highest BCUT2D eigenvalue weighted by atomic mass is 35.5. The van der Waals surface area contributed by atoms with Gasteiger partial charge in [-0.3, -0.25) is 4.79 Å². The molecule has 0 saturated carbocycles. The second kappa shape index (κ2) is 6.64. The number of carbonyl (C=O) groups is 2. The van der Waals surface area contributed by atoms with E-state index >= 15 is 0 Å². The lowest BCUT2D eigenvalue weighted by Gasteiger charge is -2.06. The Morgan fingerprint density at radius 1 is 1.43 bits per heavy atom. The summed E-state index contributed by atoms with van der Waals surface area (Å²) in [4.78, 5) is 26.4. The first-order valence-corrected chi connectivity index (χ1v) is 7.14. The number of aromatic nitrogens is 1. The lowest BCUT2D eigenvalue weighted by Crippen LogP contribution is -2.26. The van der Waals surface area contributed by atoms with Crippen molar-refractivity contribution in [3.63, 3.8) is 0 Å². The Hall–Kier alpha value is -1.99. The van der Waals surface area contributed by atoms with E-state index in [1.54, 1.807) is 0 Å². The normalized spacial score (nSPS) is 10.4. The number of halogens is 2. The van der Waals surface area contributed by atoms with Gasteiger partial charge in [0.1, 0.15) is 5.82 Å². The van der Waals surface area contributed by atoms with Crippen LogP contribution in [0.5, 0.6) is 0 Å². The Labute approximate surface area is 128 Å². The van der Waals surface area contributed by atoms with Gasteiger partial charge in [-0.15, -0.1) is 11.3 Å². The van der Waals surface area contributed by atoms with Crippen LogP contribution in [0, 0.1) is 5.82 Å². The molecule has 0 saturated heterocycles. The molecular weight excluding hydrogens is 319 g/mol. The summed E-state index contributed by atoms with van der Waals surface area (Å²) in [5.41, 5.74) is 0.0385. The van der Waals surface area contributed by atoms with Gasteiger partial charge in [0, 0.05) is 18.3 Å². The molecule has 0 aliphatic heterocycles. The van der Waals surface area contributed by atoms with Gasteiger partial charge in [-0.05, 0) is 12.1 Å². The summed E-state index contributed by atoms with van der Waals surface area (Å²) in [5, 5.41) is 13.1. The van der Waals surface area contributed by atoms with Crippen molar-refractivity contribution in [3.05, 3.63) is 50.7 Å². The molecule has 0 aliphatic rings. The minimum absolute atomic E-state index is 0.0190. The van der Waals surface area contributed by atoms with Gasteiger partial charge in [0.2, 0.25) is 0 Å². The van der Waals surface area contributed by atoms with E-state index in [0.29, 0.717) is 11.4 Å². The molecule has 2 N–H and O–H groups in total. The van der Waals surface area contributed by atoms with Crippen molar-refractivity contribution >= 4 is 34.8 Å². The number of amides is 1. The van der Waals surface area contributed by atoms with E-state index in [0.717, 1.165) is 0 Å². The van der Waals surface area contributed by atoms with Crippen molar-refractivity contribution in [3.8, 4) is 0 Å². The summed E-state index contributed by atoms with van der Waals surface area (Å²) in [7, 11) is 0. The number of carboxylic acid groups (broad SMARTS) is 1. The van der Waals surface area contributed by atoms with E-state index in [1.807, 2.05) is 0 Å². The molecule has 0 fully saturated rings. The maximum Gasteiger partial charge on any atom is 0.355 e. The number of carboxylic acids is 1. The van der Waals surface area contributed by atoms with Crippen LogP contribution in [0.1, 0.15) is 25.9 Å². The Kier molecular flexibility index (Phi) is 4.87. The summed E-state index contributed by atoms with van der Waals surface area (Å²) in [5.74, 6) is -2.24. The molecule has 21 heavy (non-hydrogen) atoms. The van der Waals surface area contributed by atoms with Crippen LogP contribution in [-0.4, -0.2) is 28.5 Å². The summed E-state index contributed by atoms with van der Waals surface area (Å²) < 4.78 is 13.2. The van der Waals surface area contributed by atoms with Crippen molar-refractivity contribution in [2.75, 3.05) is 6.54 Å². The number of benzene rings is 1. The average molecular weight is 329 g/mol. The highest BCUT2D eigenvalue weighted by Gasteiger charge is 2.13. The van der Waals surface area contributed by atoms with Gasteiger partial charge in [0.15, 0.2) is 5.69 Å². The summed E-state index contributed by atoms with van der Waals surface area (Å²) in [6.45, 7) is 0.248. The quantitative estimate of drug-likeness (QED) is 0.884. The molecule has 1 amide bonds. The predicted molar refractivity (Wildman–Crippen MR) is 76.5 cm³/mol. The molecule has 0 spiro atoms. The molecule has 0 bridgehead atoms. The Morgan fingerprint density at radius 3 is 2.86 bits per heavy atom. The van der Waals surface area contributed by atoms with Gasteiger partial charge in [-0.1, -0.05) is 17.7 Å². The molecule has 0 atom stereocenters. The number of thiazole rings is 1. The van der Waals surface area contributed by atoms with Crippen molar-refractivity contribution in [2.24, 2.45) is 0 Å². The molecule has 1 aromatic carbocycles. The van der Waals surface area contributed by atoms with Crippen LogP contribution in [-0.2, 0) is 6.42 Å². The Balaban J connectivity index is 1.92. The molecule has 0 unspecified atom stereocenters. The monoisotopic (exact) mass is 328 g/mol. The fourth-order valence-corrected chi connectivity index (χ4v) is 2.57. The lowest BCUT2D eigenvalue weighted by atomic mass is 10.2. The molecule has 0 radical (unpaired) electrons. The smallest absolute Gasteiger partial charge is 0.355 e. The third-order valence-corrected chi connectivity index (χ3v) is 3.88. The number of carbonyl (C=O) groups excluding carboxylic acids is 1. The van der Waals surface area contributed by atoms with Gasteiger partial charge >= 0.3 is 5.97 Å². The SMILES string of the molecule is O=C(O)c1csc(CCNC(=O)c2cccc(F)c2Cl)n1. The van der Waals surface area contributed by atoms with Crippen molar-refractivity contribution in [2.45, 2.75) is 6.42 Å². The maximum absolute atomic E-state index is 13.2. The standard InChI is InChI=1S/C13H10ClFN2O3S/c14-11-7(2-1-3-8(11)15)12(18)16-5-4-10-17-9(6-21-10)13(19)20/h1-3,6H,4-5H2,(H,16,18)(H,19,20). The average Bonchev–Trinajstić information content (AvgIpc) is 2.91. The molecule has 1 heterocycles. The van der Waals surface area contributed by atoms with Gasteiger partial charge in [-0.2, -0.15) is 0 Å². The van der Waals surface area contributed by atoms with E-state index in [-0.39, 0.29) is 22.8 Å².